The second kappa shape index (κ2) is 16.0. The van der Waals surface area contributed by atoms with Crippen LogP contribution in [-0.2, 0) is 31.3 Å². The molecular weight excluding hydrogens is 380 g/mol. The van der Waals surface area contributed by atoms with E-state index in [-0.39, 0.29) is 34.6 Å². The Hall–Kier alpha value is -1.04. The van der Waals surface area contributed by atoms with Crippen LogP contribution >= 0.6 is 0 Å². The summed E-state index contributed by atoms with van der Waals surface area (Å²) in [6.07, 6.45) is 12.7. The van der Waals surface area contributed by atoms with Crippen LogP contribution < -0.4 is 5.11 Å². The maximum atomic E-state index is 9.37. The molecule has 0 spiro atoms. The number of carboxylic acids is 2. The monoisotopic (exact) mass is 414 g/mol. The molecule has 152 valence electrons. The summed E-state index contributed by atoms with van der Waals surface area (Å²) in [7, 11) is 0.750. The van der Waals surface area contributed by atoms with Crippen molar-refractivity contribution < 1.29 is 46.6 Å². The van der Waals surface area contributed by atoms with Crippen LogP contribution in [0.2, 0.25) is 0 Å². The Bertz CT molecular complexity index is 477. The summed E-state index contributed by atoms with van der Waals surface area (Å²) < 4.78 is 0. The molecule has 0 saturated carbocycles. The minimum Gasteiger partial charge on any atom is -0.857 e. The van der Waals surface area contributed by atoms with Crippen LogP contribution in [-0.4, -0.2) is 29.3 Å². The maximum absolute atomic E-state index is 9.37. The Balaban J connectivity index is 0. The Labute approximate surface area is 178 Å². The summed E-state index contributed by atoms with van der Waals surface area (Å²) >= 11 is 0. The van der Waals surface area contributed by atoms with Crippen molar-refractivity contribution in [2.45, 2.75) is 78.6 Å². The minimum atomic E-state index is -0.745. The third-order valence-electron chi connectivity index (χ3n) is 4.81. The van der Waals surface area contributed by atoms with E-state index in [1.807, 2.05) is 0 Å². The van der Waals surface area contributed by atoms with Crippen LogP contribution in [0.15, 0.2) is 22.3 Å². The molecule has 0 radical (unpaired) electrons. The zero-order valence-electron chi connectivity index (χ0n) is 17.1. The van der Waals surface area contributed by atoms with E-state index in [1.165, 1.54) is 44.9 Å². The predicted molar refractivity (Wildman–Crippen MR) is 102 cm³/mol. The zero-order valence-corrected chi connectivity index (χ0v) is 18.7. The summed E-state index contributed by atoms with van der Waals surface area (Å²) in [5, 5.41) is 23.7. The number of allylic oxidation sites excluding steroid dienone is 4. The van der Waals surface area contributed by atoms with Gasteiger partial charge in [-0.05, 0) is 25.2 Å². The SMILES string of the molecule is CC1C2=C(CCC[CH-]2)C2=C1CCCC2.CCC(=O)O.CCC(=O)O.C[O-].[Ti+2]. The molecule has 27 heavy (non-hydrogen) atoms. The molecule has 1 atom stereocenters. The van der Waals surface area contributed by atoms with Crippen molar-refractivity contribution in [1.29, 1.82) is 0 Å². The Morgan fingerprint density at radius 3 is 1.89 bits per heavy atom. The number of carboxylic acid groups (broad SMARTS) is 2. The van der Waals surface area contributed by atoms with Crippen molar-refractivity contribution >= 4 is 11.9 Å². The largest absolute Gasteiger partial charge is 2.00 e. The predicted octanol–water partition coefficient (Wildman–Crippen LogP) is 4.13. The maximum Gasteiger partial charge on any atom is 2.00 e. The molecule has 0 heterocycles. The van der Waals surface area contributed by atoms with Crippen LogP contribution in [0, 0.1) is 12.3 Å². The van der Waals surface area contributed by atoms with Crippen LogP contribution in [0.25, 0.3) is 0 Å². The normalized spacial score (nSPS) is 19.2. The van der Waals surface area contributed by atoms with Gasteiger partial charge in [0.1, 0.15) is 0 Å². The first-order chi connectivity index (χ1) is 12.4. The Morgan fingerprint density at radius 1 is 0.963 bits per heavy atom. The van der Waals surface area contributed by atoms with Crippen molar-refractivity contribution in [3.05, 3.63) is 28.7 Å². The van der Waals surface area contributed by atoms with Gasteiger partial charge in [-0.2, -0.15) is 12.7 Å². The third-order valence-corrected chi connectivity index (χ3v) is 4.81. The Morgan fingerprint density at radius 2 is 1.41 bits per heavy atom. The van der Waals surface area contributed by atoms with Gasteiger partial charge >= 0.3 is 33.7 Å². The van der Waals surface area contributed by atoms with Crippen molar-refractivity contribution in [2.24, 2.45) is 5.92 Å². The quantitative estimate of drug-likeness (QED) is 0.523. The molecule has 3 aliphatic rings. The number of carbonyl (C=O) groups is 2. The van der Waals surface area contributed by atoms with Gasteiger partial charge in [0, 0.05) is 12.8 Å². The molecule has 5 nitrogen and oxygen atoms in total. The summed E-state index contributed by atoms with van der Waals surface area (Å²) in [4.78, 5) is 18.7. The topological polar surface area (TPSA) is 97.7 Å². The number of fused-ring (bicyclic) bond motifs is 1. The zero-order chi connectivity index (χ0) is 20.1. The number of aliphatic carboxylic acids is 2. The minimum absolute atomic E-state index is 0. The fraction of sp³-hybridized carbons (Fsp3) is 0.667. The first-order valence-electron chi connectivity index (χ1n) is 9.55. The van der Waals surface area contributed by atoms with Gasteiger partial charge < -0.3 is 15.3 Å². The molecule has 0 aromatic heterocycles. The summed E-state index contributed by atoms with van der Waals surface area (Å²) in [6.45, 7) is 5.62. The molecule has 0 fully saturated rings. The van der Waals surface area contributed by atoms with E-state index in [0.29, 0.717) is 0 Å². The molecular formula is C21H34O5Ti. The molecule has 0 bridgehead atoms. The second-order valence-corrected chi connectivity index (χ2v) is 6.46. The first-order valence-corrected chi connectivity index (χ1v) is 9.55. The van der Waals surface area contributed by atoms with Crippen LogP contribution in [0.1, 0.15) is 78.6 Å². The third kappa shape index (κ3) is 9.64. The fourth-order valence-corrected chi connectivity index (χ4v) is 3.51. The molecule has 6 heteroatoms. The fourth-order valence-electron chi connectivity index (χ4n) is 3.51. The standard InChI is InChI=1S/C14H19.2C3H6O2.CH3O.Ti/c1-10-11-6-2-4-8-13(11)14-9-5-3-7-12(10)14;2*1-2-3(4)5;1-2;/h6,10H,2-5,7-9H2,1H3;2*2H2,1H3,(H,4,5);1H3;/q-1;;;-1;+2. The molecule has 3 aliphatic carbocycles. The van der Waals surface area contributed by atoms with Crippen LogP contribution in [0.4, 0.5) is 0 Å². The van der Waals surface area contributed by atoms with E-state index in [4.69, 9.17) is 15.3 Å². The van der Waals surface area contributed by atoms with Crippen molar-refractivity contribution in [3.8, 4) is 0 Å². The van der Waals surface area contributed by atoms with Crippen molar-refractivity contribution in [2.75, 3.05) is 7.11 Å². The van der Waals surface area contributed by atoms with Gasteiger partial charge in [0.15, 0.2) is 0 Å². The molecule has 0 aromatic rings. The molecule has 0 amide bonds. The summed E-state index contributed by atoms with van der Waals surface area (Å²) in [6, 6.07) is 0. The molecule has 0 aromatic carbocycles. The average Bonchev–Trinajstić information content (AvgIpc) is 2.97. The van der Waals surface area contributed by atoms with Crippen molar-refractivity contribution in [3.63, 3.8) is 0 Å². The smallest absolute Gasteiger partial charge is 0.857 e. The van der Waals surface area contributed by atoms with Crippen LogP contribution in [0.3, 0.4) is 0 Å². The van der Waals surface area contributed by atoms with Crippen molar-refractivity contribution in [1.82, 2.24) is 0 Å². The van der Waals surface area contributed by atoms with E-state index >= 15 is 0 Å². The van der Waals surface area contributed by atoms with E-state index < -0.39 is 11.9 Å². The average molecular weight is 414 g/mol. The molecule has 0 aliphatic heterocycles. The van der Waals surface area contributed by atoms with E-state index in [9.17, 15) is 9.59 Å². The number of rotatable bonds is 2. The molecule has 3 rings (SSSR count). The Kier molecular flexibility index (Phi) is 16.7. The van der Waals surface area contributed by atoms with Gasteiger partial charge in [-0.25, -0.2) is 12.0 Å². The number of hydrogen-bond acceptors (Lipinski definition) is 3. The van der Waals surface area contributed by atoms with Crippen LogP contribution in [0.5, 0.6) is 0 Å². The molecule has 0 saturated heterocycles. The molecule has 1 unspecified atom stereocenters. The van der Waals surface area contributed by atoms with Gasteiger partial charge in [0.2, 0.25) is 0 Å². The summed E-state index contributed by atoms with van der Waals surface area (Å²) in [5.41, 5.74) is 7.07. The second-order valence-electron chi connectivity index (χ2n) is 6.46. The van der Waals surface area contributed by atoms with Gasteiger partial charge in [-0.1, -0.05) is 45.6 Å². The number of hydrogen-bond donors (Lipinski definition) is 2. The molecule has 2 N–H and O–H groups in total. The van der Waals surface area contributed by atoms with E-state index in [1.54, 1.807) is 36.1 Å². The van der Waals surface area contributed by atoms with Gasteiger partial charge in [-0.3, -0.25) is 9.59 Å². The van der Waals surface area contributed by atoms with E-state index in [2.05, 4.69) is 13.3 Å². The van der Waals surface area contributed by atoms with Gasteiger partial charge in [0.05, 0.1) is 0 Å². The summed E-state index contributed by atoms with van der Waals surface area (Å²) in [5.74, 6) is -0.712. The van der Waals surface area contributed by atoms with Gasteiger partial charge in [0.25, 0.3) is 0 Å². The van der Waals surface area contributed by atoms with Gasteiger partial charge in [-0.15, -0.1) is 12.0 Å². The first kappa shape index (κ1) is 28.2. The van der Waals surface area contributed by atoms with E-state index in [0.717, 1.165) is 13.0 Å².